The molecule has 9 rings (SSSR count). The third kappa shape index (κ3) is 12.0. The average Bonchev–Trinajstić information content (AvgIpc) is 4.04. The van der Waals surface area contributed by atoms with E-state index in [9.17, 15) is 0 Å². The van der Waals surface area contributed by atoms with Crippen molar-refractivity contribution in [3.05, 3.63) is 152 Å². The quantitative estimate of drug-likeness (QED) is 0.0369. The summed E-state index contributed by atoms with van der Waals surface area (Å²) in [5.74, 6) is 0. The van der Waals surface area contributed by atoms with Gasteiger partial charge in [0.25, 0.3) is 0 Å². The number of unbranched alkanes of at least 4 members (excludes halogenated alkanes) is 18. The number of hydrogen-bond donors (Lipinski definition) is 0. The van der Waals surface area contributed by atoms with E-state index in [0.717, 1.165) is 0 Å². The molecule has 0 nitrogen and oxygen atoms in total. The lowest BCUT2D eigenvalue weighted by Gasteiger charge is -2.34. The molecule has 0 saturated heterocycles. The highest BCUT2D eigenvalue weighted by atomic mass is 79.9. The number of hydrogen-bond acceptors (Lipinski definition) is 0. The van der Waals surface area contributed by atoms with Gasteiger partial charge in [-0.2, -0.15) is 0 Å². The molecular weight excluding hydrogens is 1060 g/mol. The summed E-state index contributed by atoms with van der Waals surface area (Å²) in [7, 11) is 0. The van der Waals surface area contributed by atoms with Gasteiger partial charge in [0.05, 0.1) is 0 Å². The molecule has 3 aliphatic rings. The van der Waals surface area contributed by atoms with Gasteiger partial charge in [-0.15, -0.1) is 0 Å². The largest absolute Gasteiger partial charge is 0.0654 e. The van der Waals surface area contributed by atoms with Gasteiger partial charge in [-0.05, 0) is 176 Å². The predicted octanol–water partition coefficient (Wildman–Crippen LogP) is 25.2. The van der Waals surface area contributed by atoms with E-state index >= 15 is 0 Å². The van der Waals surface area contributed by atoms with E-state index in [1.807, 2.05) is 0 Å². The first-order chi connectivity index (χ1) is 37.7. The van der Waals surface area contributed by atoms with Gasteiger partial charge in [-0.1, -0.05) is 288 Å². The summed E-state index contributed by atoms with van der Waals surface area (Å²) in [5.41, 5.74) is 24.0. The third-order valence-corrected chi connectivity index (χ3v) is 20.4. The Morgan fingerprint density at radius 3 is 0.636 bits per heavy atom. The molecule has 0 spiro atoms. The Labute approximate surface area is 486 Å². The van der Waals surface area contributed by atoms with Gasteiger partial charge in [0, 0.05) is 25.2 Å². The Balaban J connectivity index is 1.16. The van der Waals surface area contributed by atoms with Gasteiger partial charge < -0.3 is 0 Å². The van der Waals surface area contributed by atoms with Crippen molar-refractivity contribution < 1.29 is 0 Å². The number of halogens is 2. The Bertz CT molecular complexity index is 2670. The van der Waals surface area contributed by atoms with Gasteiger partial charge in [0.1, 0.15) is 0 Å². The highest BCUT2D eigenvalue weighted by Crippen LogP contribution is 2.60. The molecule has 0 aromatic heterocycles. The second-order valence-electron chi connectivity index (χ2n) is 24.5. The summed E-state index contributed by atoms with van der Waals surface area (Å²) < 4.78 is 2.43. The maximum atomic E-state index is 3.97. The Morgan fingerprint density at radius 2 is 0.429 bits per heavy atom. The molecule has 77 heavy (non-hydrogen) atoms. The molecule has 0 aliphatic heterocycles. The molecule has 2 heteroatoms. The molecule has 0 N–H and O–H groups in total. The zero-order valence-electron chi connectivity index (χ0n) is 48.9. The van der Waals surface area contributed by atoms with Crippen molar-refractivity contribution in [1.82, 2.24) is 0 Å². The molecule has 6 aromatic rings. The minimum absolute atomic E-state index is 0.0265. The van der Waals surface area contributed by atoms with E-state index in [-0.39, 0.29) is 16.2 Å². The van der Waals surface area contributed by atoms with Gasteiger partial charge >= 0.3 is 0 Å². The monoisotopic (exact) mass is 1150 g/mol. The summed E-state index contributed by atoms with van der Waals surface area (Å²) in [6, 6.07) is 45.4. The van der Waals surface area contributed by atoms with E-state index < -0.39 is 0 Å². The molecule has 0 amide bonds. The van der Waals surface area contributed by atoms with Crippen LogP contribution in [0.3, 0.4) is 0 Å². The van der Waals surface area contributed by atoms with Crippen molar-refractivity contribution in [1.29, 1.82) is 0 Å². The van der Waals surface area contributed by atoms with Crippen LogP contribution in [0.2, 0.25) is 0 Å². The van der Waals surface area contributed by atoms with Crippen molar-refractivity contribution >= 4 is 31.9 Å². The minimum Gasteiger partial charge on any atom is -0.0654 e. The Morgan fingerprint density at radius 1 is 0.234 bits per heavy atom. The second-order valence-corrected chi connectivity index (χ2v) is 26.4. The van der Waals surface area contributed by atoms with Crippen molar-refractivity contribution in [3.8, 4) is 55.6 Å². The fourth-order valence-electron chi connectivity index (χ4n) is 15.3. The maximum Gasteiger partial charge on any atom is 0.0215 e. The molecule has 410 valence electrons. The summed E-state index contributed by atoms with van der Waals surface area (Å²) in [5, 5.41) is 0. The fraction of sp³-hybridized carbons (Fsp3) is 0.520. The summed E-state index contributed by atoms with van der Waals surface area (Å²) in [6.45, 7) is 14.2. The molecule has 0 fully saturated rings. The SMILES string of the molecule is CCCCCCC1(CCCCCC)c2cc(Br)ccc2-c2ccc(-c3ccc4c(c3)C(CCCCCC)(CCCCCC)c3cc(-c5ccc6c(c5)C(CCCCCC)(CCCCCC)c5cc(Br)ccc5-6)ccc3-4)cc21. The fourth-order valence-corrected chi connectivity index (χ4v) is 16.0. The number of rotatable bonds is 32. The molecule has 6 aromatic carbocycles. The molecule has 0 heterocycles. The van der Waals surface area contributed by atoms with Gasteiger partial charge in [0.15, 0.2) is 0 Å². The first kappa shape index (κ1) is 58.0. The van der Waals surface area contributed by atoms with E-state index in [2.05, 4.69) is 183 Å². The molecule has 0 radical (unpaired) electrons. The van der Waals surface area contributed by atoms with Crippen LogP contribution >= 0.6 is 31.9 Å². The normalized spacial score (nSPS) is 14.8. The highest BCUT2D eigenvalue weighted by Gasteiger charge is 2.46. The van der Waals surface area contributed by atoms with Crippen LogP contribution in [0, 0.1) is 0 Å². The minimum atomic E-state index is -0.0265. The predicted molar refractivity (Wildman–Crippen MR) is 344 cm³/mol. The molecule has 0 bridgehead atoms. The Hall–Kier alpha value is -3.72. The van der Waals surface area contributed by atoms with Crippen LogP contribution < -0.4 is 0 Å². The standard InChI is InChI=1S/C75H96Br2/c1-7-13-19-25-43-73(44-26-20-14-8-2)67-49-55(57-33-39-63-65-41-35-59(76)53-71(65)74(69(63)51-57,45-27-21-15-9-3)46-28-22-16-10-4)31-37-61(67)62-38-32-56(50-68(62)73)58-34-40-64-66-42-36-60(77)54-72(66)75(70(64)52-58,47-29-23-17-11-5)48-30-24-18-12-6/h31-42,49-54H,7-30,43-48H2,1-6H3. The van der Waals surface area contributed by atoms with Crippen LogP contribution in [0.4, 0.5) is 0 Å². The molecule has 0 unspecified atom stereocenters. The lowest BCUT2D eigenvalue weighted by molar-refractivity contribution is 0.400. The van der Waals surface area contributed by atoms with Crippen molar-refractivity contribution in [2.24, 2.45) is 0 Å². The Kier molecular flexibility index (Phi) is 20.4. The van der Waals surface area contributed by atoms with Crippen molar-refractivity contribution in [2.45, 2.75) is 250 Å². The van der Waals surface area contributed by atoms with Crippen LogP contribution in [0.25, 0.3) is 55.6 Å². The maximum absolute atomic E-state index is 3.97. The zero-order chi connectivity index (χ0) is 53.8. The summed E-state index contributed by atoms with van der Waals surface area (Å²) in [6.07, 6.45) is 38.4. The van der Waals surface area contributed by atoms with Gasteiger partial charge in [-0.25, -0.2) is 0 Å². The molecule has 0 atom stereocenters. The lowest BCUT2D eigenvalue weighted by atomic mass is 9.69. The van der Waals surface area contributed by atoms with E-state index in [1.54, 1.807) is 33.4 Å². The smallest absolute Gasteiger partial charge is 0.0215 e. The third-order valence-electron chi connectivity index (χ3n) is 19.4. The molecular formula is C75H96Br2. The van der Waals surface area contributed by atoms with Crippen LogP contribution in [-0.2, 0) is 16.2 Å². The summed E-state index contributed by atoms with van der Waals surface area (Å²) >= 11 is 7.94. The average molecular weight is 1160 g/mol. The number of fused-ring (bicyclic) bond motifs is 9. The topological polar surface area (TPSA) is 0 Å². The first-order valence-corrected chi connectivity index (χ1v) is 33.5. The van der Waals surface area contributed by atoms with Crippen molar-refractivity contribution in [3.63, 3.8) is 0 Å². The zero-order valence-corrected chi connectivity index (χ0v) is 52.0. The van der Waals surface area contributed by atoms with Crippen LogP contribution in [0.5, 0.6) is 0 Å². The van der Waals surface area contributed by atoms with E-state index in [1.165, 1.54) is 257 Å². The highest BCUT2D eigenvalue weighted by molar-refractivity contribution is 9.10. The van der Waals surface area contributed by atoms with E-state index in [4.69, 9.17) is 0 Å². The van der Waals surface area contributed by atoms with Crippen LogP contribution in [-0.4, -0.2) is 0 Å². The van der Waals surface area contributed by atoms with Gasteiger partial charge in [0.2, 0.25) is 0 Å². The van der Waals surface area contributed by atoms with Crippen molar-refractivity contribution in [2.75, 3.05) is 0 Å². The first-order valence-electron chi connectivity index (χ1n) is 31.9. The van der Waals surface area contributed by atoms with E-state index in [0.29, 0.717) is 0 Å². The van der Waals surface area contributed by atoms with Crippen LogP contribution in [0.15, 0.2) is 118 Å². The lowest BCUT2D eigenvalue weighted by Crippen LogP contribution is -2.26. The molecule has 0 saturated carbocycles. The second kappa shape index (κ2) is 27.2. The van der Waals surface area contributed by atoms with Crippen LogP contribution in [0.1, 0.15) is 268 Å². The number of benzene rings is 6. The molecule has 3 aliphatic carbocycles. The van der Waals surface area contributed by atoms with Gasteiger partial charge in [-0.3, -0.25) is 0 Å². The summed E-state index contributed by atoms with van der Waals surface area (Å²) in [4.78, 5) is 0.